The Hall–Kier alpha value is -2.28. The lowest BCUT2D eigenvalue weighted by atomic mass is 10.0. The van der Waals surface area contributed by atoms with Crippen molar-refractivity contribution in [3.05, 3.63) is 36.5 Å². The average molecular weight is 326 g/mol. The molecule has 0 radical (unpaired) electrons. The number of rotatable bonds is 3. The minimum absolute atomic E-state index is 0.0987. The molecule has 4 heterocycles. The number of carbonyl (C=O) groups is 1. The molecule has 0 bridgehead atoms. The van der Waals surface area contributed by atoms with E-state index in [1.165, 1.54) is 19.2 Å². The van der Waals surface area contributed by atoms with Crippen LogP contribution in [0.3, 0.4) is 0 Å². The Morgan fingerprint density at radius 3 is 2.79 bits per heavy atom. The summed E-state index contributed by atoms with van der Waals surface area (Å²) in [5.41, 5.74) is 0.669. The molecule has 2 aromatic heterocycles. The van der Waals surface area contributed by atoms with Crippen molar-refractivity contribution >= 4 is 5.91 Å². The molecule has 24 heavy (non-hydrogen) atoms. The number of hydrogen-bond acceptors (Lipinski definition) is 5. The Kier molecular flexibility index (Phi) is 4.02. The fraction of sp³-hybridized carbons (Fsp3) is 0.529. The first-order valence-electron chi connectivity index (χ1n) is 8.56. The zero-order chi connectivity index (χ0) is 16.5. The predicted molar refractivity (Wildman–Crippen MR) is 88.9 cm³/mol. The number of likely N-dealkylation sites (tertiary alicyclic amines) is 2. The zero-order valence-corrected chi connectivity index (χ0v) is 13.9. The van der Waals surface area contributed by atoms with Crippen LogP contribution < -0.4 is 0 Å². The Labute approximate surface area is 141 Å². The fourth-order valence-electron chi connectivity index (χ4n) is 4.04. The van der Waals surface area contributed by atoms with Crippen molar-refractivity contribution < 1.29 is 4.79 Å². The monoisotopic (exact) mass is 326 g/mol. The van der Waals surface area contributed by atoms with Crippen LogP contribution in [0.1, 0.15) is 36.0 Å². The van der Waals surface area contributed by atoms with Crippen molar-refractivity contribution in [1.29, 1.82) is 0 Å². The highest BCUT2D eigenvalue weighted by atomic mass is 16.2. The molecule has 2 aromatic rings. The summed E-state index contributed by atoms with van der Waals surface area (Å²) in [4.78, 5) is 25.8. The molecule has 0 saturated carbocycles. The highest BCUT2D eigenvalue weighted by Crippen LogP contribution is 2.30. The van der Waals surface area contributed by atoms with Crippen molar-refractivity contribution in [2.75, 3.05) is 20.1 Å². The van der Waals surface area contributed by atoms with Crippen molar-refractivity contribution in [1.82, 2.24) is 29.5 Å². The first-order valence-corrected chi connectivity index (χ1v) is 8.56. The van der Waals surface area contributed by atoms with Crippen LogP contribution in [0.2, 0.25) is 0 Å². The maximum absolute atomic E-state index is 13.1. The number of carbonyl (C=O) groups excluding carboxylic acids is 1. The van der Waals surface area contributed by atoms with E-state index in [2.05, 4.69) is 31.9 Å². The summed E-state index contributed by atoms with van der Waals surface area (Å²) in [5.74, 6) is 0.716. The molecule has 0 N–H and O–H groups in total. The van der Waals surface area contributed by atoms with Crippen LogP contribution >= 0.6 is 0 Å². The van der Waals surface area contributed by atoms with Gasteiger partial charge in [-0.05, 0) is 51.4 Å². The molecule has 126 valence electrons. The molecular weight excluding hydrogens is 304 g/mol. The molecule has 0 aliphatic carbocycles. The SMILES string of the molecule is CN1CCC[C@H]1[C@H]1CCCN1C(=O)c1ccnc(-n2cncn2)c1. The van der Waals surface area contributed by atoms with Gasteiger partial charge < -0.3 is 9.80 Å². The van der Waals surface area contributed by atoms with Gasteiger partial charge in [0.25, 0.3) is 5.91 Å². The molecular formula is C17H22N6O. The molecule has 2 aliphatic heterocycles. The molecule has 2 atom stereocenters. The first-order chi connectivity index (χ1) is 11.7. The third kappa shape index (κ3) is 2.69. The molecule has 2 aliphatic rings. The molecule has 0 aromatic carbocycles. The standard InChI is InChI=1S/C17H22N6O/c1-21-8-2-4-14(21)15-5-3-9-22(15)17(24)13-6-7-19-16(10-13)23-12-18-11-20-23/h6-7,10-12,14-15H,2-5,8-9H2,1H3/t14-,15+/m0/s1. The molecule has 0 spiro atoms. The number of aromatic nitrogens is 4. The lowest BCUT2D eigenvalue weighted by Gasteiger charge is -2.33. The number of amides is 1. The van der Waals surface area contributed by atoms with Gasteiger partial charge in [0.15, 0.2) is 5.82 Å². The Bertz CT molecular complexity index is 716. The lowest BCUT2D eigenvalue weighted by Crippen LogP contribution is -2.47. The van der Waals surface area contributed by atoms with E-state index < -0.39 is 0 Å². The van der Waals surface area contributed by atoms with E-state index in [0.29, 0.717) is 23.5 Å². The van der Waals surface area contributed by atoms with Gasteiger partial charge in [0.2, 0.25) is 0 Å². The second kappa shape index (κ2) is 6.32. The van der Waals surface area contributed by atoms with Crippen molar-refractivity contribution in [2.45, 2.75) is 37.8 Å². The van der Waals surface area contributed by atoms with E-state index in [1.807, 2.05) is 0 Å². The first kappa shape index (κ1) is 15.3. The second-order valence-electron chi connectivity index (χ2n) is 6.64. The Morgan fingerprint density at radius 2 is 2.04 bits per heavy atom. The van der Waals surface area contributed by atoms with Crippen LogP contribution in [0.5, 0.6) is 0 Å². The number of nitrogens with zero attached hydrogens (tertiary/aromatic N) is 6. The van der Waals surface area contributed by atoms with Gasteiger partial charge in [-0.2, -0.15) is 5.10 Å². The summed E-state index contributed by atoms with van der Waals surface area (Å²) in [7, 11) is 2.17. The van der Waals surface area contributed by atoms with Gasteiger partial charge in [0, 0.05) is 30.4 Å². The summed E-state index contributed by atoms with van der Waals surface area (Å²) in [6.45, 7) is 1.98. The summed E-state index contributed by atoms with van der Waals surface area (Å²) in [5, 5.41) is 4.08. The van der Waals surface area contributed by atoms with E-state index >= 15 is 0 Å². The molecule has 7 heteroatoms. The van der Waals surface area contributed by atoms with Crippen LogP contribution in [-0.2, 0) is 0 Å². The third-order valence-corrected chi connectivity index (χ3v) is 5.23. The maximum Gasteiger partial charge on any atom is 0.254 e. The van der Waals surface area contributed by atoms with Crippen LogP contribution in [0, 0.1) is 0 Å². The third-order valence-electron chi connectivity index (χ3n) is 5.23. The summed E-state index contributed by atoms with van der Waals surface area (Å²) in [6.07, 6.45) is 9.31. The molecule has 4 rings (SSSR count). The van der Waals surface area contributed by atoms with Gasteiger partial charge in [0.05, 0.1) is 0 Å². The molecule has 0 unspecified atom stereocenters. The number of likely N-dealkylation sites (N-methyl/N-ethyl adjacent to an activating group) is 1. The van der Waals surface area contributed by atoms with Gasteiger partial charge in [-0.15, -0.1) is 0 Å². The predicted octanol–water partition coefficient (Wildman–Crippen LogP) is 1.36. The van der Waals surface area contributed by atoms with Gasteiger partial charge in [0.1, 0.15) is 12.7 Å². The minimum Gasteiger partial charge on any atom is -0.334 e. The van der Waals surface area contributed by atoms with Gasteiger partial charge in [-0.1, -0.05) is 0 Å². The topological polar surface area (TPSA) is 67.2 Å². The molecule has 1 amide bonds. The van der Waals surface area contributed by atoms with Crippen LogP contribution in [0.4, 0.5) is 0 Å². The van der Waals surface area contributed by atoms with Crippen molar-refractivity contribution in [2.24, 2.45) is 0 Å². The molecule has 2 fully saturated rings. The highest BCUT2D eigenvalue weighted by Gasteiger charge is 2.38. The summed E-state index contributed by atoms with van der Waals surface area (Å²) in [6, 6.07) is 4.41. The van der Waals surface area contributed by atoms with Crippen LogP contribution in [-0.4, -0.2) is 67.7 Å². The van der Waals surface area contributed by atoms with Crippen LogP contribution in [0.25, 0.3) is 5.82 Å². The van der Waals surface area contributed by atoms with E-state index in [-0.39, 0.29) is 5.91 Å². The van der Waals surface area contributed by atoms with Gasteiger partial charge in [-0.25, -0.2) is 14.6 Å². The Balaban J connectivity index is 1.58. The van der Waals surface area contributed by atoms with Crippen molar-refractivity contribution in [3.8, 4) is 5.82 Å². The normalized spacial score (nSPS) is 24.6. The van der Waals surface area contributed by atoms with E-state index in [9.17, 15) is 4.79 Å². The second-order valence-corrected chi connectivity index (χ2v) is 6.64. The summed E-state index contributed by atoms with van der Waals surface area (Å²) < 4.78 is 1.57. The maximum atomic E-state index is 13.1. The number of pyridine rings is 1. The van der Waals surface area contributed by atoms with Crippen molar-refractivity contribution in [3.63, 3.8) is 0 Å². The van der Waals surface area contributed by atoms with Gasteiger partial charge in [-0.3, -0.25) is 4.79 Å². The van der Waals surface area contributed by atoms with E-state index in [0.717, 1.165) is 25.9 Å². The minimum atomic E-state index is 0.0987. The molecule has 2 saturated heterocycles. The van der Waals surface area contributed by atoms with E-state index in [4.69, 9.17) is 0 Å². The highest BCUT2D eigenvalue weighted by molar-refractivity contribution is 5.95. The summed E-state index contributed by atoms with van der Waals surface area (Å²) >= 11 is 0. The average Bonchev–Trinajstić information content (AvgIpc) is 3.35. The number of hydrogen-bond donors (Lipinski definition) is 0. The van der Waals surface area contributed by atoms with Gasteiger partial charge >= 0.3 is 0 Å². The Morgan fingerprint density at radius 1 is 1.21 bits per heavy atom. The molecule has 7 nitrogen and oxygen atoms in total. The largest absolute Gasteiger partial charge is 0.334 e. The lowest BCUT2D eigenvalue weighted by molar-refractivity contribution is 0.0664. The zero-order valence-electron chi connectivity index (χ0n) is 13.9. The fourth-order valence-corrected chi connectivity index (χ4v) is 4.04. The van der Waals surface area contributed by atoms with E-state index in [1.54, 1.807) is 29.3 Å². The van der Waals surface area contributed by atoms with Crippen LogP contribution in [0.15, 0.2) is 31.0 Å². The smallest absolute Gasteiger partial charge is 0.254 e. The quantitative estimate of drug-likeness (QED) is 0.852.